The van der Waals surface area contributed by atoms with Crippen molar-refractivity contribution in [2.75, 3.05) is 0 Å². The van der Waals surface area contributed by atoms with Crippen LogP contribution in [0.5, 0.6) is 0 Å². The molecule has 0 atom stereocenters. The van der Waals surface area contributed by atoms with E-state index in [0.29, 0.717) is 22.4 Å². The second kappa shape index (κ2) is 6.06. The van der Waals surface area contributed by atoms with Crippen LogP contribution in [-0.2, 0) is 6.42 Å². The van der Waals surface area contributed by atoms with Gasteiger partial charge in [-0.05, 0) is 21.5 Å². The molecule has 0 amide bonds. The van der Waals surface area contributed by atoms with Crippen LogP contribution in [0.3, 0.4) is 0 Å². The Kier molecular flexibility index (Phi) is 3.97. The molecule has 0 radical (unpaired) electrons. The molecule has 21 heavy (non-hydrogen) atoms. The molecule has 0 fully saturated rings. The van der Waals surface area contributed by atoms with Crippen LogP contribution < -0.4 is 5.56 Å². The summed E-state index contributed by atoms with van der Waals surface area (Å²) < 4.78 is 0.463. The number of H-pyrrole nitrogens is 1. The second-order valence-corrected chi connectivity index (χ2v) is 5.50. The van der Waals surface area contributed by atoms with E-state index < -0.39 is 0 Å². The van der Waals surface area contributed by atoms with Crippen LogP contribution in [0.1, 0.15) is 11.4 Å². The SMILES string of the molecule is O=c1[nH]c(Cc2ccccc2)nc(-c2ccccc2)c1Br. The van der Waals surface area contributed by atoms with E-state index >= 15 is 0 Å². The van der Waals surface area contributed by atoms with Crippen LogP contribution in [-0.4, -0.2) is 9.97 Å². The van der Waals surface area contributed by atoms with Gasteiger partial charge in [-0.25, -0.2) is 4.98 Å². The van der Waals surface area contributed by atoms with Crippen LogP contribution in [0.15, 0.2) is 69.9 Å². The van der Waals surface area contributed by atoms with E-state index in [2.05, 4.69) is 25.9 Å². The van der Waals surface area contributed by atoms with Crippen molar-refractivity contribution in [2.45, 2.75) is 6.42 Å². The number of nitrogens with one attached hydrogen (secondary N) is 1. The predicted octanol–water partition coefficient (Wildman–Crippen LogP) is 3.79. The molecule has 0 unspecified atom stereocenters. The van der Waals surface area contributed by atoms with E-state index in [1.807, 2.05) is 60.7 Å². The number of hydrogen-bond donors (Lipinski definition) is 1. The molecule has 2 aromatic carbocycles. The van der Waals surface area contributed by atoms with Crippen molar-refractivity contribution < 1.29 is 0 Å². The van der Waals surface area contributed by atoms with Gasteiger partial charge in [0.15, 0.2) is 0 Å². The maximum Gasteiger partial charge on any atom is 0.265 e. The van der Waals surface area contributed by atoms with Crippen molar-refractivity contribution in [3.63, 3.8) is 0 Å². The lowest BCUT2D eigenvalue weighted by molar-refractivity contribution is 0.942. The molecule has 0 spiro atoms. The zero-order chi connectivity index (χ0) is 14.7. The molecular weight excluding hydrogens is 328 g/mol. The van der Waals surface area contributed by atoms with Gasteiger partial charge in [0.25, 0.3) is 5.56 Å². The van der Waals surface area contributed by atoms with Gasteiger partial charge in [-0.2, -0.15) is 0 Å². The molecule has 0 aliphatic rings. The molecule has 3 aromatic rings. The monoisotopic (exact) mass is 340 g/mol. The highest BCUT2D eigenvalue weighted by molar-refractivity contribution is 9.10. The van der Waals surface area contributed by atoms with E-state index in [-0.39, 0.29) is 5.56 Å². The lowest BCUT2D eigenvalue weighted by atomic mass is 10.1. The smallest absolute Gasteiger partial charge is 0.265 e. The largest absolute Gasteiger partial charge is 0.309 e. The second-order valence-electron chi connectivity index (χ2n) is 4.70. The number of aromatic amines is 1. The van der Waals surface area contributed by atoms with E-state index in [9.17, 15) is 4.79 Å². The minimum absolute atomic E-state index is 0.158. The fourth-order valence-electron chi connectivity index (χ4n) is 2.17. The Balaban J connectivity index is 2.04. The molecule has 1 aromatic heterocycles. The highest BCUT2D eigenvalue weighted by Gasteiger charge is 2.11. The molecule has 0 saturated heterocycles. The Morgan fingerprint density at radius 1 is 0.952 bits per heavy atom. The zero-order valence-corrected chi connectivity index (χ0v) is 12.8. The zero-order valence-electron chi connectivity index (χ0n) is 11.2. The van der Waals surface area contributed by atoms with Crippen molar-refractivity contribution in [1.29, 1.82) is 0 Å². The highest BCUT2D eigenvalue weighted by atomic mass is 79.9. The predicted molar refractivity (Wildman–Crippen MR) is 87.2 cm³/mol. The first kappa shape index (κ1) is 13.8. The first-order valence-corrected chi connectivity index (χ1v) is 7.41. The van der Waals surface area contributed by atoms with Gasteiger partial charge in [-0.15, -0.1) is 0 Å². The number of hydrogen-bond acceptors (Lipinski definition) is 2. The molecule has 1 N–H and O–H groups in total. The summed E-state index contributed by atoms with van der Waals surface area (Å²) in [5, 5.41) is 0. The summed E-state index contributed by atoms with van der Waals surface area (Å²) in [4.78, 5) is 19.5. The summed E-state index contributed by atoms with van der Waals surface area (Å²) in [6.45, 7) is 0. The van der Waals surface area contributed by atoms with Crippen LogP contribution in [0.4, 0.5) is 0 Å². The maximum atomic E-state index is 12.1. The third-order valence-electron chi connectivity index (χ3n) is 3.17. The van der Waals surface area contributed by atoms with Crippen molar-refractivity contribution >= 4 is 15.9 Å². The van der Waals surface area contributed by atoms with Gasteiger partial charge < -0.3 is 4.98 Å². The van der Waals surface area contributed by atoms with E-state index in [4.69, 9.17) is 0 Å². The lowest BCUT2D eigenvalue weighted by Crippen LogP contribution is -2.14. The molecule has 3 nitrogen and oxygen atoms in total. The van der Waals surface area contributed by atoms with Gasteiger partial charge in [0.1, 0.15) is 10.3 Å². The summed E-state index contributed by atoms with van der Waals surface area (Å²) in [7, 11) is 0. The minimum Gasteiger partial charge on any atom is -0.309 e. The van der Waals surface area contributed by atoms with Gasteiger partial charge in [0.05, 0.1) is 5.69 Å². The molecule has 0 aliphatic carbocycles. The van der Waals surface area contributed by atoms with E-state index in [0.717, 1.165) is 11.1 Å². The third-order valence-corrected chi connectivity index (χ3v) is 3.91. The number of benzene rings is 2. The Hall–Kier alpha value is -2.20. The summed E-state index contributed by atoms with van der Waals surface area (Å²) in [6, 6.07) is 19.6. The molecule has 0 bridgehead atoms. The standard InChI is InChI=1S/C17H13BrN2O/c18-15-16(13-9-5-2-6-10-13)19-14(20-17(15)21)11-12-7-3-1-4-8-12/h1-10H,11H2,(H,19,20,21). The topological polar surface area (TPSA) is 45.8 Å². The van der Waals surface area contributed by atoms with E-state index in [1.165, 1.54) is 0 Å². The molecule has 3 rings (SSSR count). The molecule has 104 valence electrons. The summed E-state index contributed by atoms with van der Waals surface area (Å²) in [5.74, 6) is 0.660. The van der Waals surface area contributed by atoms with Crippen LogP contribution >= 0.6 is 15.9 Å². The van der Waals surface area contributed by atoms with Gasteiger partial charge in [0, 0.05) is 12.0 Å². The fourth-order valence-corrected chi connectivity index (χ4v) is 2.58. The Morgan fingerprint density at radius 2 is 1.57 bits per heavy atom. The Labute approximate surface area is 130 Å². The molecule has 1 heterocycles. The molecule has 4 heteroatoms. The Bertz CT molecular complexity index is 798. The first-order valence-electron chi connectivity index (χ1n) is 6.62. The van der Waals surface area contributed by atoms with Crippen molar-refractivity contribution in [3.05, 3.63) is 86.9 Å². The van der Waals surface area contributed by atoms with Crippen LogP contribution in [0, 0.1) is 0 Å². The van der Waals surface area contributed by atoms with Gasteiger partial charge in [-0.3, -0.25) is 4.79 Å². The van der Waals surface area contributed by atoms with E-state index in [1.54, 1.807) is 0 Å². The summed E-state index contributed by atoms with van der Waals surface area (Å²) in [5.41, 5.74) is 2.55. The molecular formula is C17H13BrN2O. The first-order chi connectivity index (χ1) is 10.2. The minimum atomic E-state index is -0.158. The van der Waals surface area contributed by atoms with Crippen molar-refractivity contribution in [3.8, 4) is 11.3 Å². The summed E-state index contributed by atoms with van der Waals surface area (Å²) >= 11 is 3.33. The highest BCUT2D eigenvalue weighted by Crippen LogP contribution is 2.23. The van der Waals surface area contributed by atoms with Gasteiger partial charge in [0.2, 0.25) is 0 Å². The molecule has 0 aliphatic heterocycles. The van der Waals surface area contributed by atoms with Gasteiger partial charge >= 0.3 is 0 Å². The lowest BCUT2D eigenvalue weighted by Gasteiger charge is -2.07. The third kappa shape index (κ3) is 3.11. The van der Waals surface area contributed by atoms with Crippen molar-refractivity contribution in [2.24, 2.45) is 0 Å². The van der Waals surface area contributed by atoms with Crippen molar-refractivity contribution in [1.82, 2.24) is 9.97 Å². The average molecular weight is 341 g/mol. The maximum absolute atomic E-state index is 12.1. The number of rotatable bonds is 3. The van der Waals surface area contributed by atoms with Gasteiger partial charge in [-0.1, -0.05) is 60.7 Å². The number of nitrogens with zero attached hydrogens (tertiary/aromatic N) is 1. The quantitative estimate of drug-likeness (QED) is 0.788. The van der Waals surface area contributed by atoms with Crippen LogP contribution in [0.25, 0.3) is 11.3 Å². The van der Waals surface area contributed by atoms with Crippen LogP contribution in [0.2, 0.25) is 0 Å². The molecule has 0 saturated carbocycles. The Morgan fingerprint density at radius 3 is 2.24 bits per heavy atom. The summed E-state index contributed by atoms with van der Waals surface area (Å²) in [6.07, 6.45) is 0.600. The average Bonchev–Trinajstić information content (AvgIpc) is 2.52. The number of halogens is 1. The fraction of sp³-hybridized carbons (Fsp3) is 0.0588. The number of aromatic nitrogens is 2. The normalized spacial score (nSPS) is 10.5.